The first kappa shape index (κ1) is 18.8. The Kier molecular flexibility index (Phi) is 5.50. The molecule has 6 heteroatoms. The summed E-state index contributed by atoms with van der Waals surface area (Å²) < 4.78 is 8.01. The van der Waals surface area contributed by atoms with E-state index in [0.717, 1.165) is 26.2 Å². The lowest BCUT2D eigenvalue weighted by Gasteiger charge is -2.14. The van der Waals surface area contributed by atoms with Gasteiger partial charge in [-0.1, -0.05) is 46.3 Å². The van der Waals surface area contributed by atoms with E-state index in [1.807, 2.05) is 54.6 Å². The lowest BCUT2D eigenvalue weighted by Crippen LogP contribution is -2.19. The predicted octanol–water partition coefficient (Wildman–Crippen LogP) is 5.45. The van der Waals surface area contributed by atoms with Gasteiger partial charge in [-0.25, -0.2) is 4.98 Å². The molecule has 4 rings (SSSR count). The minimum atomic E-state index is -0.196. The normalized spacial score (nSPS) is 10.9. The van der Waals surface area contributed by atoms with Crippen LogP contribution in [0, 0.1) is 0 Å². The van der Waals surface area contributed by atoms with Gasteiger partial charge in [0.05, 0.1) is 30.0 Å². The van der Waals surface area contributed by atoms with Gasteiger partial charge < -0.3 is 4.74 Å². The second-order valence-electron chi connectivity index (χ2n) is 6.17. The van der Waals surface area contributed by atoms with Gasteiger partial charge >= 0.3 is 0 Å². The molecular formula is C22H17BrN2O2S. The van der Waals surface area contributed by atoms with E-state index >= 15 is 0 Å². The Morgan fingerprint density at radius 2 is 1.89 bits per heavy atom. The highest BCUT2D eigenvalue weighted by molar-refractivity contribution is 9.10. The monoisotopic (exact) mass is 452 g/mol. The molecule has 0 fully saturated rings. The third-order valence-electron chi connectivity index (χ3n) is 4.35. The smallest absolute Gasteiger partial charge is 0.274 e. The van der Waals surface area contributed by atoms with Crippen LogP contribution >= 0.6 is 27.7 Å². The molecule has 28 heavy (non-hydrogen) atoms. The molecule has 0 aliphatic rings. The minimum Gasteiger partial charge on any atom is -0.495 e. The fourth-order valence-corrected chi connectivity index (χ4v) is 4.24. The van der Waals surface area contributed by atoms with Crippen molar-refractivity contribution >= 4 is 38.7 Å². The van der Waals surface area contributed by atoms with Crippen LogP contribution < -0.4 is 10.3 Å². The van der Waals surface area contributed by atoms with E-state index in [9.17, 15) is 4.79 Å². The number of benzene rings is 3. The first-order valence-corrected chi connectivity index (χ1v) is 10.5. The fourth-order valence-electron chi connectivity index (χ4n) is 3.01. The lowest BCUT2D eigenvalue weighted by atomic mass is 10.2. The van der Waals surface area contributed by atoms with Crippen molar-refractivity contribution in [3.63, 3.8) is 0 Å². The van der Waals surface area contributed by atoms with Gasteiger partial charge in [0.15, 0.2) is 0 Å². The van der Waals surface area contributed by atoms with Gasteiger partial charge in [0.1, 0.15) is 5.75 Å². The Hall–Kier alpha value is -2.57. The van der Waals surface area contributed by atoms with Crippen molar-refractivity contribution in [2.45, 2.75) is 10.6 Å². The van der Waals surface area contributed by atoms with Crippen molar-refractivity contribution in [2.24, 2.45) is 0 Å². The van der Waals surface area contributed by atoms with E-state index in [1.165, 1.54) is 11.8 Å². The molecule has 0 bridgehead atoms. The summed E-state index contributed by atoms with van der Waals surface area (Å²) in [5.41, 5.74) is 3.27. The first-order chi connectivity index (χ1) is 13.7. The number of halogens is 1. The summed E-state index contributed by atoms with van der Waals surface area (Å²) in [5.74, 6) is 1.50. The number of ether oxygens (including phenoxy) is 1. The fraction of sp³-hybridized carbons (Fsp3) is 0.0909. The lowest BCUT2D eigenvalue weighted by molar-refractivity contribution is 0.412. The van der Waals surface area contributed by atoms with Gasteiger partial charge in [-0.2, -0.15) is 0 Å². The van der Waals surface area contributed by atoms with Gasteiger partial charge in [-0.3, -0.25) is 9.36 Å². The summed E-state index contributed by atoms with van der Waals surface area (Å²) in [6.07, 6.45) is 1.36. The second kappa shape index (κ2) is 8.20. The Bertz CT molecular complexity index is 1190. The minimum absolute atomic E-state index is 0.196. The van der Waals surface area contributed by atoms with Gasteiger partial charge in [0, 0.05) is 15.1 Å². The number of rotatable bonds is 5. The van der Waals surface area contributed by atoms with E-state index in [0.29, 0.717) is 11.4 Å². The van der Waals surface area contributed by atoms with Crippen LogP contribution in [0.15, 0.2) is 87.1 Å². The van der Waals surface area contributed by atoms with Gasteiger partial charge in [0.25, 0.3) is 5.56 Å². The molecular weight excluding hydrogens is 436 g/mol. The van der Waals surface area contributed by atoms with Crippen LogP contribution in [0.4, 0.5) is 0 Å². The molecule has 4 aromatic rings. The largest absolute Gasteiger partial charge is 0.495 e. The van der Waals surface area contributed by atoms with Gasteiger partial charge in [-0.15, -0.1) is 11.8 Å². The molecule has 0 N–H and O–H groups in total. The number of fused-ring (bicyclic) bond motifs is 1. The zero-order valence-corrected chi connectivity index (χ0v) is 17.5. The average molecular weight is 453 g/mol. The summed E-state index contributed by atoms with van der Waals surface area (Å²) in [4.78, 5) is 18.1. The summed E-state index contributed by atoms with van der Waals surface area (Å²) in [7, 11) is 1.60. The molecule has 0 radical (unpaired) electrons. The van der Waals surface area contributed by atoms with Crippen molar-refractivity contribution in [1.29, 1.82) is 0 Å². The van der Waals surface area contributed by atoms with Crippen LogP contribution in [0.3, 0.4) is 0 Å². The van der Waals surface area contributed by atoms with Crippen LogP contribution in [0.25, 0.3) is 16.7 Å². The number of methoxy groups -OCH3 is 1. The Balaban J connectivity index is 1.75. The van der Waals surface area contributed by atoms with E-state index in [4.69, 9.17) is 4.74 Å². The third-order valence-corrected chi connectivity index (χ3v) is 5.91. The SMILES string of the molecule is COc1cc(Br)ccc1-n1c(=O)cnc2cc(SCc3ccccc3)ccc21. The summed E-state index contributed by atoms with van der Waals surface area (Å²) in [6, 6.07) is 21.9. The van der Waals surface area contributed by atoms with E-state index in [-0.39, 0.29) is 5.56 Å². The molecule has 1 heterocycles. The van der Waals surface area contributed by atoms with Crippen molar-refractivity contribution in [3.05, 3.63) is 93.3 Å². The van der Waals surface area contributed by atoms with E-state index < -0.39 is 0 Å². The van der Waals surface area contributed by atoms with Crippen LogP contribution in [-0.2, 0) is 5.75 Å². The van der Waals surface area contributed by atoms with Crippen LogP contribution in [0.5, 0.6) is 5.75 Å². The number of thioether (sulfide) groups is 1. The molecule has 0 saturated heterocycles. The number of nitrogens with zero attached hydrogens (tertiary/aromatic N) is 2. The molecule has 1 aromatic heterocycles. The standard InChI is InChI=1S/C22H17BrN2O2S/c1-27-21-11-16(23)7-9-20(21)25-19-10-8-17(12-18(19)24-13-22(25)26)28-14-15-5-3-2-4-6-15/h2-13H,14H2,1H3. The molecule has 4 nitrogen and oxygen atoms in total. The molecule has 140 valence electrons. The van der Waals surface area contributed by atoms with Crippen molar-refractivity contribution in [3.8, 4) is 11.4 Å². The highest BCUT2D eigenvalue weighted by Gasteiger charge is 2.12. The highest BCUT2D eigenvalue weighted by atomic mass is 79.9. The Labute approximate surface area is 175 Å². The molecule has 0 unspecified atom stereocenters. The summed E-state index contributed by atoms with van der Waals surface area (Å²) in [6.45, 7) is 0. The Morgan fingerprint density at radius 1 is 1.07 bits per heavy atom. The highest BCUT2D eigenvalue weighted by Crippen LogP contribution is 2.30. The summed E-state index contributed by atoms with van der Waals surface area (Å²) in [5, 5.41) is 0. The molecule has 0 aliphatic heterocycles. The van der Waals surface area contributed by atoms with Crippen molar-refractivity contribution in [1.82, 2.24) is 9.55 Å². The average Bonchev–Trinajstić information content (AvgIpc) is 2.73. The maximum Gasteiger partial charge on any atom is 0.274 e. The van der Waals surface area contributed by atoms with Crippen molar-refractivity contribution < 1.29 is 4.74 Å². The molecule has 3 aromatic carbocycles. The number of aromatic nitrogens is 2. The molecule has 0 aliphatic carbocycles. The zero-order chi connectivity index (χ0) is 19.5. The number of hydrogen-bond donors (Lipinski definition) is 0. The van der Waals surface area contributed by atoms with Crippen molar-refractivity contribution in [2.75, 3.05) is 7.11 Å². The maximum absolute atomic E-state index is 12.6. The summed E-state index contributed by atoms with van der Waals surface area (Å²) >= 11 is 5.19. The maximum atomic E-state index is 12.6. The van der Waals surface area contributed by atoms with E-state index in [1.54, 1.807) is 23.4 Å². The second-order valence-corrected chi connectivity index (χ2v) is 8.14. The zero-order valence-electron chi connectivity index (χ0n) is 15.1. The number of hydrogen-bond acceptors (Lipinski definition) is 4. The van der Waals surface area contributed by atoms with Crippen LogP contribution in [0.1, 0.15) is 5.56 Å². The van der Waals surface area contributed by atoms with Gasteiger partial charge in [-0.05, 0) is 42.0 Å². The third kappa shape index (κ3) is 3.84. The quantitative estimate of drug-likeness (QED) is 0.377. The topological polar surface area (TPSA) is 44.1 Å². The molecule has 0 saturated carbocycles. The first-order valence-electron chi connectivity index (χ1n) is 8.68. The molecule has 0 amide bonds. The van der Waals surface area contributed by atoms with E-state index in [2.05, 4.69) is 33.0 Å². The van der Waals surface area contributed by atoms with Crippen LogP contribution in [-0.4, -0.2) is 16.7 Å². The van der Waals surface area contributed by atoms with Gasteiger partial charge in [0.2, 0.25) is 0 Å². The molecule has 0 spiro atoms. The van der Waals surface area contributed by atoms with Crippen LogP contribution in [0.2, 0.25) is 0 Å². The molecule has 0 atom stereocenters. The predicted molar refractivity (Wildman–Crippen MR) is 118 cm³/mol. The Morgan fingerprint density at radius 3 is 2.68 bits per heavy atom.